The Morgan fingerprint density at radius 2 is 2.62 bits per heavy atom. The predicted molar refractivity (Wildman–Crippen MR) is 48.7 cm³/mol. The molecule has 0 heterocycles. The van der Waals surface area contributed by atoms with Crippen LogP contribution in [0.2, 0.25) is 0 Å². The Hall–Kier alpha value is -1.23. The Bertz CT molecular complexity index is 298. The van der Waals surface area contributed by atoms with Gasteiger partial charge in [0.25, 0.3) is 0 Å². The number of allylic oxidation sites excluding steroid dienone is 1. The zero-order valence-corrected chi connectivity index (χ0v) is 7.45. The lowest BCUT2D eigenvalue weighted by Gasteiger charge is -2.19. The number of carbonyl (C=O) groups is 1. The Balaban J connectivity index is 2.04. The SMILES string of the molecule is C#CCOC(=O)C12C=CC(CC1)C2. The summed E-state index contributed by atoms with van der Waals surface area (Å²) in [6.45, 7) is 0.0963. The fourth-order valence-corrected chi connectivity index (χ4v) is 2.26. The molecule has 2 unspecified atom stereocenters. The number of esters is 1. The summed E-state index contributed by atoms with van der Waals surface area (Å²) in [4.78, 5) is 11.6. The predicted octanol–water partition coefficient (Wildman–Crippen LogP) is 1.52. The van der Waals surface area contributed by atoms with Crippen molar-refractivity contribution < 1.29 is 9.53 Å². The third-order valence-electron chi connectivity index (χ3n) is 2.97. The number of hydrogen-bond donors (Lipinski definition) is 0. The molecule has 0 aliphatic heterocycles. The lowest BCUT2D eigenvalue weighted by Crippen LogP contribution is -2.27. The summed E-state index contributed by atoms with van der Waals surface area (Å²) in [5.74, 6) is 2.77. The van der Waals surface area contributed by atoms with Crippen molar-refractivity contribution in [3.63, 3.8) is 0 Å². The van der Waals surface area contributed by atoms with Gasteiger partial charge >= 0.3 is 5.97 Å². The van der Waals surface area contributed by atoms with Crippen molar-refractivity contribution in [1.82, 2.24) is 0 Å². The second kappa shape index (κ2) is 2.92. The maximum absolute atomic E-state index is 11.6. The van der Waals surface area contributed by atoms with Crippen LogP contribution in [0.4, 0.5) is 0 Å². The fourth-order valence-electron chi connectivity index (χ4n) is 2.26. The molecule has 2 aliphatic carbocycles. The number of fused-ring (bicyclic) bond motifs is 2. The van der Waals surface area contributed by atoms with Crippen LogP contribution in [-0.4, -0.2) is 12.6 Å². The first-order valence-electron chi connectivity index (χ1n) is 4.57. The highest BCUT2D eigenvalue weighted by atomic mass is 16.5. The summed E-state index contributed by atoms with van der Waals surface area (Å²) < 4.78 is 4.97. The van der Waals surface area contributed by atoms with Crippen LogP contribution in [0.1, 0.15) is 19.3 Å². The van der Waals surface area contributed by atoms with Crippen LogP contribution in [0, 0.1) is 23.7 Å². The van der Waals surface area contributed by atoms with E-state index in [1.807, 2.05) is 6.08 Å². The summed E-state index contributed by atoms with van der Waals surface area (Å²) in [6.07, 6.45) is 12.1. The van der Waals surface area contributed by atoms with E-state index in [1.54, 1.807) is 0 Å². The van der Waals surface area contributed by atoms with Gasteiger partial charge in [-0.1, -0.05) is 18.1 Å². The minimum Gasteiger partial charge on any atom is -0.452 e. The zero-order valence-electron chi connectivity index (χ0n) is 7.45. The highest BCUT2D eigenvalue weighted by molar-refractivity contribution is 5.80. The molecule has 0 N–H and O–H groups in total. The summed E-state index contributed by atoms with van der Waals surface area (Å²) in [6, 6.07) is 0. The maximum Gasteiger partial charge on any atom is 0.316 e. The van der Waals surface area contributed by atoms with Gasteiger partial charge in [0.05, 0.1) is 5.41 Å². The molecule has 1 saturated carbocycles. The van der Waals surface area contributed by atoms with Gasteiger partial charge < -0.3 is 4.74 Å². The lowest BCUT2D eigenvalue weighted by atomic mass is 9.88. The first-order chi connectivity index (χ1) is 6.27. The normalized spacial score (nSPS) is 34.5. The first kappa shape index (κ1) is 8.37. The van der Waals surface area contributed by atoms with E-state index in [1.165, 1.54) is 0 Å². The highest BCUT2D eigenvalue weighted by Crippen LogP contribution is 2.49. The maximum atomic E-state index is 11.6. The largest absolute Gasteiger partial charge is 0.452 e. The molecule has 0 amide bonds. The Morgan fingerprint density at radius 3 is 3.08 bits per heavy atom. The zero-order chi connectivity index (χ0) is 9.31. The minimum absolute atomic E-state index is 0.0963. The van der Waals surface area contributed by atoms with Crippen molar-refractivity contribution in [2.24, 2.45) is 11.3 Å². The third kappa shape index (κ3) is 1.25. The Morgan fingerprint density at radius 1 is 1.77 bits per heavy atom. The van der Waals surface area contributed by atoms with Crippen molar-refractivity contribution in [1.29, 1.82) is 0 Å². The van der Waals surface area contributed by atoms with Gasteiger partial charge in [-0.05, 0) is 25.2 Å². The summed E-state index contributed by atoms with van der Waals surface area (Å²) in [5, 5.41) is 0. The van der Waals surface area contributed by atoms with E-state index < -0.39 is 0 Å². The van der Waals surface area contributed by atoms with Crippen molar-refractivity contribution in [3.05, 3.63) is 12.2 Å². The molecule has 0 radical (unpaired) electrons. The monoisotopic (exact) mass is 176 g/mol. The molecule has 2 heteroatoms. The van der Waals surface area contributed by atoms with Crippen molar-refractivity contribution in [2.75, 3.05) is 6.61 Å². The molecule has 2 atom stereocenters. The second-order valence-electron chi connectivity index (χ2n) is 3.80. The van der Waals surface area contributed by atoms with E-state index in [2.05, 4.69) is 12.0 Å². The third-order valence-corrected chi connectivity index (χ3v) is 2.97. The average Bonchev–Trinajstić information content (AvgIpc) is 2.74. The van der Waals surface area contributed by atoms with Gasteiger partial charge in [0, 0.05) is 0 Å². The van der Waals surface area contributed by atoms with Crippen LogP contribution in [0.5, 0.6) is 0 Å². The van der Waals surface area contributed by atoms with Crippen LogP contribution >= 0.6 is 0 Å². The van der Waals surface area contributed by atoms with Gasteiger partial charge in [-0.3, -0.25) is 4.79 Å². The van der Waals surface area contributed by atoms with Crippen molar-refractivity contribution >= 4 is 5.97 Å². The first-order valence-corrected chi connectivity index (χ1v) is 4.57. The number of carbonyl (C=O) groups excluding carboxylic acids is 1. The smallest absolute Gasteiger partial charge is 0.316 e. The molecule has 1 fully saturated rings. The van der Waals surface area contributed by atoms with E-state index in [4.69, 9.17) is 11.2 Å². The summed E-state index contributed by atoms with van der Waals surface area (Å²) >= 11 is 0. The highest BCUT2D eigenvalue weighted by Gasteiger charge is 2.47. The lowest BCUT2D eigenvalue weighted by molar-refractivity contribution is -0.151. The van der Waals surface area contributed by atoms with Crippen molar-refractivity contribution in [3.8, 4) is 12.3 Å². The molecule has 2 nitrogen and oxygen atoms in total. The molecule has 2 rings (SSSR count). The number of ether oxygens (including phenoxy) is 1. The Kier molecular flexibility index (Phi) is 1.88. The molecule has 2 bridgehead atoms. The van der Waals surface area contributed by atoms with Crippen molar-refractivity contribution in [2.45, 2.75) is 19.3 Å². The van der Waals surface area contributed by atoms with Gasteiger partial charge in [0.2, 0.25) is 0 Å². The molecule has 0 aromatic rings. The fraction of sp³-hybridized carbons (Fsp3) is 0.545. The van der Waals surface area contributed by atoms with Crippen LogP contribution in [0.25, 0.3) is 0 Å². The molecule has 13 heavy (non-hydrogen) atoms. The van der Waals surface area contributed by atoms with Gasteiger partial charge in [-0.25, -0.2) is 0 Å². The van der Waals surface area contributed by atoms with Crippen LogP contribution < -0.4 is 0 Å². The average molecular weight is 176 g/mol. The van der Waals surface area contributed by atoms with E-state index in [9.17, 15) is 4.79 Å². The van der Waals surface area contributed by atoms with E-state index in [0.717, 1.165) is 19.3 Å². The van der Waals surface area contributed by atoms with Gasteiger partial charge in [0.15, 0.2) is 6.61 Å². The van der Waals surface area contributed by atoms with Gasteiger partial charge in [-0.15, -0.1) is 6.42 Å². The molecule has 0 saturated heterocycles. The molecule has 2 aliphatic rings. The summed E-state index contributed by atoms with van der Waals surface area (Å²) in [7, 11) is 0. The standard InChI is InChI=1S/C11H12O2/c1-2-7-13-10(12)11-5-3-9(8-11)4-6-11/h1,3,5,9H,4,6-8H2. The molecule has 0 spiro atoms. The molecular weight excluding hydrogens is 164 g/mol. The van der Waals surface area contributed by atoms with Crippen LogP contribution in [-0.2, 0) is 9.53 Å². The summed E-state index contributed by atoms with van der Waals surface area (Å²) in [5.41, 5.74) is -0.318. The van der Waals surface area contributed by atoms with E-state index in [-0.39, 0.29) is 18.0 Å². The van der Waals surface area contributed by atoms with E-state index >= 15 is 0 Å². The quantitative estimate of drug-likeness (QED) is 0.362. The number of hydrogen-bond acceptors (Lipinski definition) is 2. The molecule has 68 valence electrons. The van der Waals surface area contributed by atoms with Crippen LogP contribution in [0.3, 0.4) is 0 Å². The molecular formula is C11H12O2. The van der Waals surface area contributed by atoms with E-state index in [0.29, 0.717) is 5.92 Å². The molecule has 0 aromatic carbocycles. The number of terminal acetylenes is 1. The number of rotatable bonds is 2. The van der Waals surface area contributed by atoms with Crippen LogP contribution in [0.15, 0.2) is 12.2 Å². The second-order valence-corrected chi connectivity index (χ2v) is 3.80. The molecule has 0 aromatic heterocycles. The van der Waals surface area contributed by atoms with Gasteiger partial charge in [-0.2, -0.15) is 0 Å². The minimum atomic E-state index is -0.318. The Labute approximate surface area is 78.0 Å². The van der Waals surface area contributed by atoms with Gasteiger partial charge in [0.1, 0.15) is 0 Å². The topological polar surface area (TPSA) is 26.3 Å².